The van der Waals surface area contributed by atoms with Crippen LogP contribution in [0.1, 0.15) is 34.6 Å². The number of allylic oxidation sites excluding steroid dienone is 3. The van der Waals surface area contributed by atoms with E-state index in [1.54, 1.807) is 40.1 Å². The van der Waals surface area contributed by atoms with Crippen LogP contribution in [0.25, 0.3) is 50.3 Å². The normalized spacial score (nSPS) is 13.8. The summed E-state index contributed by atoms with van der Waals surface area (Å²) >= 11 is 6.76. The Morgan fingerprint density at radius 3 is 2.05 bits per heavy atom. The Hall–Kier alpha value is -4.19. The van der Waals surface area contributed by atoms with E-state index < -0.39 is 17.4 Å². The summed E-state index contributed by atoms with van der Waals surface area (Å²) in [6.07, 6.45) is 1.63. The van der Waals surface area contributed by atoms with Crippen molar-refractivity contribution in [3.05, 3.63) is 87.3 Å². The second kappa shape index (κ2) is 10.5. The van der Waals surface area contributed by atoms with Crippen LogP contribution in [0.3, 0.4) is 0 Å². The highest BCUT2D eigenvalue weighted by Crippen LogP contribution is 2.51. The zero-order valence-electron chi connectivity index (χ0n) is 22.7. The van der Waals surface area contributed by atoms with Crippen LogP contribution in [0.5, 0.6) is 0 Å². The summed E-state index contributed by atoms with van der Waals surface area (Å²) in [4.78, 5) is 17.6. The molecule has 4 aromatic heterocycles. The molecular formula is C33H19F2N3OS4. The average molecular weight is 640 g/mol. The number of hydrogen-bond acceptors (Lipinski definition) is 8. The Labute approximate surface area is 261 Å². The van der Waals surface area contributed by atoms with Gasteiger partial charge in [0.2, 0.25) is 0 Å². The zero-order chi connectivity index (χ0) is 30.0. The predicted octanol–water partition coefficient (Wildman–Crippen LogP) is 10.3. The van der Waals surface area contributed by atoms with Crippen LogP contribution in [0.2, 0.25) is 0 Å². The lowest BCUT2D eigenvalue weighted by atomic mass is 9.99. The van der Waals surface area contributed by atoms with Gasteiger partial charge in [-0.3, -0.25) is 4.79 Å². The molecular weight excluding hydrogens is 621 g/mol. The van der Waals surface area contributed by atoms with Crippen molar-refractivity contribution in [3.8, 4) is 22.6 Å². The third kappa shape index (κ3) is 4.33. The molecule has 2 aromatic carbocycles. The largest absolute Gasteiger partial charge is 0.372 e. The van der Waals surface area contributed by atoms with Crippen molar-refractivity contribution in [2.24, 2.45) is 0 Å². The predicted molar refractivity (Wildman–Crippen MR) is 176 cm³/mol. The summed E-state index contributed by atoms with van der Waals surface area (Å²) in [5, 5.41) is 19.1. The molecule has 0 radical (unpaired) electrons. The van der Waals surface area contributed by atoms with E-state index in [-0.39, 0.29) is 27.8 Å². The van der Waals surface area contributed by atoms with Gasteiger partial charge in [0, 0.05) is 54.6 Å². The third-order valence-corrected chi connectivity index (χ3v) is 12.8. The van der Waals surface area contributed by atoms with Crippen LogP contribution in [0.4, 0.5) is 14.5 Å². The van der Waals surface area contributed by atoms with E-state index in [1.165, 1.54) is 46.3 Å². The van der Waals surface area contributed by atoms with Gasteiger partial charge in [-0.1, -0.05) is 12.1 Å². The van der Waals surface area contributed by atoms with Gasteiger partial charge in [-0.05, 0) is 67.4 Å². The Kier molecular flexibility index (Phi) is 6.76. The summed E-state index contributed by atoms with van der Waals surface area (Å²) in [7, 11) is 0. The number of fused-ring (bicyclic) bond motifs is 6. The molecule has 4 nitrogen and oxygen atoms in total. The highest BCUT2D eigenvalue weighted by molar-refractivity contribution is 7.45. The Balaban J connectivity index is 1.28. The van der Waals surface area contributed by atoms with Crippen molar-refractivity contribution in [1.29, 1.82) is 10.5 Å². The fourth-order valence-electron chi connectivity index (χ4n) is 5.52. The van der Waals surface area contributed by atoms with Crippen molar-refractivity contribution in [2.45, 2.75) is 13.8 Å². The average Bonchev–Trinajstić information content (AvgIpc) is 3.79. The van der Waals surface area contributed by atoms with Gasteiger partial charge in [0.25, 0.3) is 0 Å². The number of nitriles is 2. The van der Waals surface area contributed by atoms with E-state index in [1.807, 2.05) is 18.2 Å². The number of carbonyl (C=O) groups is 1. The van der Waals surface area contributed by atoms with Gasteiger partial charge < -0.3 is 4.90 Å². The number of ketones is 1. The van der Waals surface area contributed by atoms with E-state index >= 15 is 0 Å². The first kappa shape index (κ1) is 27.6. The molecule has 0 aliphatic heterocycles. The molecule has 7 rings (SSSR count). The Bertz CT molecular complexity index is 2260. The fraction of sp³-hybridized carbons (Fsp3) is 0.121. The number of benzene rings is 2. The SMILES string of the molecule is CCN(CC)c1ccc(-c2cc3sc4c5sc(/C=C6\C(=O)c7cc(F)c(F)cc7C6=C(C#N)C#N)cc5sc4c3s2)cc1. The molecule has 0 fully saturated rings. The third-order valence-electron chi connectivity index (χ3n) is 7.59. The van der Waals surface area contributed by atoms with Crippen LogP contribution in [-0.4, -0.2) is 18.9 Å². The minimum absolute atomic E-state index is 0.0418. The highest BCUT2D eigenvalue weighted by Gasteiger charge is 2.34. The van der Waals surface area contributed by atoms with Gasteiger partial charge in [-0.15, -0.1) is 45.3 Å². The van der Waals surface area contributed by atoms with Crippen molar-refractivity contribution >= 4 is 96.7 Å². The number of anilines is 1. The van der Waals surface area contributed by atoms with E-state index in [0.29, 0.717) is 0 Å². The quantitative estimate of drug-likeness (QED) is 0.139. The minimum atomic E-state index is -1.15. The number of hydrogen-bond donors (Lipinski definition) is 0. The number of halogens is 2. The summed E-state index contributed by atoms with van der Waals surface area (Å²) in [6, 6.07) is 18.3. The molecule has 1 aliphatic rings. The molecule has 43 heavy (non-hydrogen) atoms. The molecule has 0 saturated carbocycles. The molecule has 0 bridgehead atoms. The van der Waals surface area contributed by atoms with Crippen molar-refractivity contribution in [3.63, 3.8) is 0 Å². The smallest absolute Gasteiger partial charge is 0.194 e. The van der Waals surface area contributed by atoms with Gasteiger partial charge in [-0.2, -0.15) is 10.5 Å². The summed E-state index contributed by atoms with van der Waals surface area (Å²) in [5.74, 6) is -2.83. The van der Waals surface area contributed by atoms with Gasteiger partial charge >= 0.3 is 0 Å². The first-order valence-electron chi connectivity index (χ1n) is 13.4. The van der Waals surface area contributed by atoms with Crippen molar-refractivity contribution in [1.82, 2.24) is 0 Å². The molecule has 0 N–H and O–H groups in total. The Morgan fingerprint density at radius 2 is 1.42 bits per heavy atom. The van der Waals surface area contributed by atoms with Gasteiger partial charge in [0.05, 0.1) is 18.8 Å². The van der Waals surface area contributed by atoms with Crippen LogP contribution < -0.4 is 4.90 Å². The number of nitrogens with zero attached hydrogens (tertiary/aromatic N) is 3. The van der Waals surface area contributed by atoms with E-state index in [9.17, 15) is 24.1 Å². The van der Waals surface area contributed by atoms with Crippen LogP contribution in [0.15, 0.2) is 59.7 Å². The minimum Gasteiger partial charge on any atom is -0.372 e. The maximum atomic E-state index is 14.1. The standard InChI is InChI=1S/C33H19F2N3OS4/c1-3-38(4-2)18-7-5-16(6-8-18)25-13-27-31(41-25)33-32(43-27)30-26(42-33)10-19(40-30)9-22-28(17(14-36)15-37)20-11-23(34)24(35)12-21(20)29(22)39/h5-13H,3-4H2,1-2H3/b22-9-. The van der Waals surface area contributed by atoms with Gasteiger partial charge in [0.15, 0.2) is 17.4 Å². The van der Waals surface area contributed by atoms with Crippen LogP contribution in [-0.2, 0) is 0 Å². The summed E-state index contributed by atoms with van der Waals surface area (Å²) in [6.45, 7) is 6.26. The molecule has 4 heterocycles. The molecule has 0 saturated heterocycles. The van der Waals surface area contributed by atoms with E-state index in [4.69, 9.17) is 0 Å². The molecule has 0 unspecified atom stereocenters. The van der Waals surface area contributed by atoms with E-state index in [0.717, 1.165) is 39.5 Å². The highest BCUT2D eigenvalue weighted by atomic mass is 32.1. The maximum Gasteiger partial charge on any atom is 0.194 e. The monoisotopic (exact) mass is 639 g/mol. The number of Topliss-reactive ketones (excluding diaryl/α,β-unsaturated/α-hetero) is 1. The lowest BCUT2D eigenvalue weighted by molar-refractivity contribution is 0.104. The first-order valence-corrected chi connectivity index (χ1v) is 16.7. The Morgan fingerprint density at radius 1 is 0.814 bits per heavy atom. The van der Waals surface area contributed by atoms with Crippen LogP contribution in [0, 0.1) is 34.3 Å². The molecule has 0 amide bonds. The zero-order valence-corrected chi connectivity index (χ0v) is 26.0. The van der Waals surface area contributed by atoms with Crippen molar-refractivity contribution in [2.75, 3.05) is 18.0 Å². The summed E-state index contributed by atoms with van der Waals surface area (Å²) in [5.41, 5.74) is 2.24. The topological polar surface area (TPSA) is 67.9 Å². The maximum absolute atomic E-state index is 14.1. The molecule has 0 spiro atoms. The number of rotatable bonds is 5. The second-order valence-electron chi connectivity index (χ2n) is 9.90. The van der Waals surface area contributed by atoms with E-state index in [2.05, 4.69) is 49.1 Å². The lowest BCUT2D eigenvalue weighted by Gasteiger charge is -2.21. The molecule has 1 aliphatic carbocycles. The molecule has 0 atom stereocenters. The molecule has 210 valence electrons. The molecule has 10 heteroatoms. The number of carbonyl (C=O) groups excluding carboxylic acids is 1. The van der Waals surface area contributed by atoms with Crippen LogP contribution >= 0.6 is 45.3 Å². The number of thiophene rings is 4. The van der Waals surface area contributed by atoms with Gasteiger partial charge in [0.1, 0.15) is 17.7 Å². The second-order valence-corrected chi connectivity index (χ2v) is 14.1. The van der Waals surface area contributed by atoms with Crippen molar-refractivity contribution < 1.29 is 13.6 Å². The fourth-order valence-corrected chi connectivity index (χ4v) is 11.1. The lowest BCUT2D eigenvalue weighted by Crippen LogP contribution is -2.21. The van der Waals surface area contributed by atoms with Gasteiger partial charge in [-0.25, -0.2) is 8.78 Å². The molecule has 6 aromatic rings. The summed E-state index contributed by atoms with van der Waals surface area (Å²) < 4.78 is 35.2. The first-order chi connectivity index (χ1) is 20.8.